The highest BCUT2D eigenvalue weighted by Gasteiger charge is 2.41. The maximum absolute atomic E-state index is 13.6. The minimum Gasteiger partial charge on any atom is -0.489 e. The van der Waals surface area contributed by atoms with Crippen LogP contribution in [0.1, 0.15) is 30.5 Å². The lowest BCUT2D eigenvalue weighted by Gasteiger charge is -2.20. The minimum atomic E-state index is -0.410. The summed E-state index contributed by atoms with van der Waals surface area (Å²) in [6.45, 7) is 7.86. The zero-order chi connectivity index (χ0) is 22.8. The second-order valence-corrected chi connectivity index (χ2v) is 8.12. The first-order valence-corrected chi connectivity index (χ1v) is 10.6. The summed E-state index contributed by atoms with van der Waals surface area (Å²) >= 11 is 0. The molecule has 5 nitrogen and oxygen atoms in total. The summed E-state index contributed by atoms with van der Waals surface area (Å²) in [5, 5.41) is 3.22. The Morgan fingerprint density at radius 3 is 2.19 bits per heavy atom. The molecule has 0 saturated heterocycles. The van der Waals surface area contributed by atoms with Gasteiger partial charge in [0.2, 0.25) is 0 Å². The molecule has 0 unspecified atom stereocenters. The Balaban J connectivity index is 1.82. The van der Waals surface area contributed by atoms with E-state index in [4.69, 9.17) is 4.74 Å². The molecule has 32 heavy (non-hydrogen) atoms. The number of carbonyl (C=O) groups is 2. The molecule has 3 aromatic rings. The molecule has 1 aliphatic rings. The number of aryl methyl sites for hydroxylation is 2. The Hall–Kier alpha value is -3.86. The summed E-state index contributed by atoms with van der Waals surface area (Å²) in [4.78, 5) is 28.4. The molecule has 1 aliphatic heterocycles. The third-order valence-corrected chi connectivity index (χ3v) is 5.39. The molecule has 162 valence electrons. The second kappa shape index (κ2) is 8.71. The van der Waals surface area contributed by atoms with Gasteiger partial charge >= 0.3 is 0 Å². The molecule has 0 atom stereocenters. The Kier molecular flexibility index (Phi) is 5.82. The predicted octanol–water partition coefficient (Wildman–Crippen LogP) is 5.49. The molecule has 0 saturated carbocycles. The summed E-state index contributed by atoms with van der Waals surface area (Å²) in [5.74, 6) is -0.303. The van der Waals surface area contributed by atoms with E-state index in [1.807, 2.05) is 82.3 Å². The fourth-order valence-corrected chi connectivity index (χ4v) is 3.70. The maximum Gasteiger partial charge on any atom is 0.282 e. The van der Waals surface area contributed by atoms with Crippen LogP contribution in [0.2, 0.25) is 0 Å². The molecule has 0 aliphatic carbocycles. The van der Waals surface area contributed by atoms with Crippen LogP contribution in [0.3, 0.4) is 0 Å². The van der Waals surface area contributed by atoms with Gasteiger partial charge < -0.3 is 10.1 Å². The van der Waals surface area contributed by atoms with Gasteiger partial charge in [0, 0.05) is 5.69 Å². The van der Waals surface area contributed by atoms with E-state index in [-0.39, 0.29) is 17.7 Å². The number of amides is 2. The smallest absolute Gasteiger partial charge is 0.282 e. The number of ether oxygens (including phenoxy) is 1. The number of para-hydroxylation sites is 2. The van der Waals surface area contributed by atoms with Crippen molar-refractivity contribution in [3.8, 4) is 5.75 Å². The highest BCUT2D eigenvalue weighted by atomic mass is 16.5. The number of hydrogen-bond acceptors (Lipinski definition) is 4. The van der Waals surface area contributed by atoms with Crippen molar-refractivity contribution in [2.75, 3.05) is 10.2 Å². The Labute approximate surface area is 188 Å². The van der Waals surface area contributed by atoms with Crippen LogP contribution in [-0.2, 0) is 9.59 Å². The highest BCUT2D eigenvalue weighted by Crippen LogP contribution is 2.38. The van der Waals surface area contributed by atoms with Crippen LogP contribution in [0, 0.1) is 13.8 Å². The largest absolute Gasteiger partial charge is 0.489 e. The Morgan fingerprint density at radius 1 is 0.812 bits per heavy atom. The summed E-state index contributed by atoms with van der Waals surface area (Å²) in [6, 6.07) is 22.3. The summed E-state index contributed by atoms with van der Waals surface area (Å²) in [6.07, 6.45) is -0.0985. The fraction of sp³-hybridized carbons (Fsp3) is 0.185. The average Bonchev–Trinajstić information content (AvgIpc) is 3.01. The number of anilines is 2. The third kappa shape index (κ3) is 4.02. The molecule has 0 radical (unpaired) electrons. The van der Waals surface area contributed by atoms with Crippen molar-refractivity contribution in [3.05, 3.63) is 95.2 Å². The van der Waals surface area contributed by atoms with Gasteiger partial charge in [-0.25, -0.2) is 4.90 Å². The summed E-state index contributed by atoms with van der Waals surface area (Å²) < 4.78 is 5.89. The highest BCUT2D eigenvalue weighted by molar-refractivity contribution is 6.46. The van der Waals surface area contributed by atoms with Gasteiger partial charge in [-0.1, -0.05) is 48.5 Å². The van der Waals surface area contributed by atoms with Gasteiger partial charge in [-0.3, -0.25) is 9.59 Å². The third-order valence-electron chi connectivity index (χ3n) is 5.39. The first-order chi connectivity index (χ1) is 15.4. The van der Waals surface area contributed by atoms with Crippen molar-refractivity contribution in [2.45, 2.75) is 33.8 Å². The number of nitrogens with zero attached hydrogens (tertiary/aromatic N) is 1. The molecular formula is C27H26N2O3. The molecule has 0 bridgehead atoms. The van der Waals surface area contributed by atoms with Gasteiger partial charge in [0.05, 0.1) is 17.4 Å². The predicted molar refractivity (Wildman–Crippen MR) is 128 cm³/mol. The fourth-order valence-electron chi connectivity index (χ4n) is 3.70. The van der Waals surface area contributed by atoms with Gasteiger partial charge in [0.25, 0.3) is 11.8 Å². The Bertz CT molecular complexity index is 1210. The number of benzene rings is 3. The van der Waals surface area contributed by atoms with E-state index < -0.39 is 5.91 Å². The van der Waals surface area contributed by atoms with Crippen molar-refractivity contribution in [2.24, 2.45) is 0 Å². The van der Waals surface area contributed by atoms with Crippen LogP contribution < -0.4 is 15.0 Å². The number of nitrogens with one attached hydrogen (secondary N) is 1. The van der Waals surface area contributed by atoms with E-state index >= 15 is 0 Å². The molecule has 1 N–H and O–H groups in total. The monoisotopic (exact) mass is 426 g/mol. The van der Waals surface area contributed by atoms with E-state index in [0.717, 1.165) is 16.8 Å². The van der Waals surface area contributed by atoms with Crippen LogP contribution in [-0.4, -0.2) is 17.9 Å². The van der Waals surface area contributed by atoms with Crippen LogP contribution >= 0.6 is 0 Å². The lowest BCUT2D eigenvalue weighted by Crippen LogP contribution is -2.33. The minimum absolute atomic E-state index is 0.0985. The van der Waals surface area contributed by atoms with Crippen LogP contribution in [0.25, 0.3) is 5.57 Å². The van der Waals surface area contributed by atoms with Crippen molar-refractivity contribution in [1.29, 1.82) is 0 Å². The van der Waals surface area contributed by atoms with E-state index in [2.05, 4.69) is 5.32 Å². The standard InChI is InChI=1S/C27H26N2O3/c1-17(2)32-23-13-9-8-12-22(23)29-26(30)24(20-10-6-5-7-11-20)25(27(29)31)28-21-15-14-18(3)19(4)16-21/h5-17,28H,1-4H3. The van der Waals surface area contributed by atoms with Gasteiger partial charge in [-0.15, -0.1) is 0 Å². The van der Waals surface area contributed by atoms with E-state index in [1.165, 1.54) is 4.90 Å². The molecule has 5 heteroatoms. The van der Waals surface area contributed by atoms with Crippen molar-refractivity contribution in [3.63, 3.8) is 0 Å². The molecule has 0 fully saturated rings. The first-order valence-electron chi connectivity index (χ1n) is 10.6. The molecule has 2 amide bonds. The SMILES string of the molecule is Cc1ccc(NC2=C(c3ccccc3)C(=O)N(c3ccccc3OC(C)C)C2=O)cc1C. The Morgan fingerprint density at radius 2 is 1.50 bits per heavy atom. The molecule has 0 aromatic heterocycles. The second-order valence-electron chi connectivity index (χ2n) is 8.12. The normalized spacial score (nSPS) is 13.8. The molecular weight excluding hydrogens is 400 g/mol. The maximum atomic E-state index is 13.6. The van der Waals surface area contributed by atoms with E-state index in [0.29, 0.717) is 22.6 Å². The first kappa shape index (κ1) is 21.4. The van der Waals surface area contributed by atoms with Crippen molar-refractivity contribution >= 4 is 28.8 Å². The number of rotatable bonds is 6. The lowest BCUT2D eigenvalue weighted by molar-refractivity contribution is -0.120. The quantitative estimate of drug-likeness (QED) is 0.530. The van der Waals surface area contributed by atoms with Gasteiger partial charge in [-0.2, -0.15) is 0 Å². The molecule has 0 spiro atoms. The summed E-state index contributed by atoms with van der Waals surface area (Å²) in [5.41, 5.74) is 4.72. The van der Waals surface area contributed by atoms with E-state index in [9.17, 15) is 9.59 Å². The van der Waals surface area contributed by atoms with Gasteiger partial charge in [0.15, 0.2) is 0 Å². The number of carbonyl (C=O) groups excluding carboxylic acids is 2. The van der Waals surface area contributed by atoms with E-state index in [1.54, 1.807) is 18.2 Å². The molecule has 3 aromatic carbocycles. The lowest BCUT2D eigenvalue weighted by atomic mass is 10.0. The van der Waals surface area contributed by atoms with Gasteiger partial charge in [0.1, 0.15) is 11.4 Å². The average molecular weight is 427 g/mol. The number of imide groups is 1. The molecule has 4 rings (SSSR count). The van der Waals surface area contributed by atoms with Crippen LogP contribution in [0.5, 0.6) is 5.75 Å². The van der Waals surface area contributed by atoms with Crippen LogP contribution in [0.4, 0.5) is 11.4 Å². The van der Waals surface area contributed by atoms with Crippen molar-refractivity contribution < 1.29 is 14.3 Å². The van der Waals surface area contributed by atoms with Gasteiger partial charge in [-0.05, 0) is 68.7 Å². The zero-order valence-electron chi connectivity index (χ0n) is 18.7. The topological polar surface area (TPSA) is 58.6 Å². The summed E-state index contributed by atoms with van der Waals surface area (Å²) in [7, 11) is 0. The zero-order valence-corrected chi connectivity index (χ0v) is 18.7. The van der Waals surface area contributed by atoms with Crippen LogP contribution in [0.15, 0.2) is 78.5 Å². The van der Waals surface area contributed by atoms with Crippen molar-refractivity contribution in [1.82, 2.24) is 0 Å². The number of hydrogen-bond donors (Lipinski definition) is 1. The molecule has 1 heterocycles.